The summed E-state index contributed by atoms with van der Waals surface area (Å²) in [4.78, 5) is 4.43. The van der Waals surface area contributed by atoms with Crippen LogP contribution < -0.4 is 9.62 Å². The highest BCUT2D eigenvalue weighted by molar-refractivity contribution is 7.89. The molecule has 0 amide bonds. The van der Waals surface area contributed by atoms with Crippen molar-refractivity contribution in [3.63, 3.8) is 0 Å². The van der Waals surface area contributed by atoms with Crippen LogP contribution in [0, 0.1) is 5.82 Å². The van der Waals surface area contributed by atoms with Crippen molar-refractivity contribution in [2.24, 2.45) is 0 Å². The van der Waals surface area contributed by atoms with Gasteiger partial charge in [0.15, 0.2) is 0 Å². The van der Waals surface area contributed by atoms with Crippen molar-refractivity contribution in [2.75, 3.05) is 38.6 Å². The summed E-state index contributed by atoms with van der Waals surface area (Å²) in [6.45, 7) is 2.19. The molecule has 0 aromatic heterocycles. The zero-order chi connectivity index (χ0) is 19.4. The van der Waals surface area contributed by atoms with Gasteiger partial charge in [-0.25, -0.2) is 17.5 Å². The molecule has 2 aromatic carbocycles. The lowest BCUT2D eigenvalue weighted by atomic mass is 10.1. The van der Waals surface area contributed by atoms with Crippen LogP contribution >= 0.6 is 0 Å². The predicted octanol–water partition coefficient (Wildman–Crippen LogP) is 3.01. The van der Waals surface area contributed by atoms with E-state index in [1.165, 1.54) is 12.1 Å². The maximum absolute atomic E-state index is 13.1. The van der Waals surface area contributed by atoms with Crippen LogP contribution in [0.2, 0.25) is 0 Å². The third-order valence-corrected chi connectivity index (χ3v) is 6.41. The number of benzene rings is 2. The van der Waals surface area contributed by atoms with Crippen LogP contribution in [0.5, 0.6) is 0 Å². The first-order valence-electron chi connectivity index (χ1n) is 9.13. The lowest BCUT2D eigenvalue weighted by Crippen LogP contribution is -2.36. The topological polar surface area (TPSA) is 52.7 Å². The molecule has 1 atom stereocenters. The number of nitrogens with zero attached hydrogens (tertiary/aromatic N) is 2. The summed E-state index contributed by atoms with van der Waals surface area (Å²) in [6, 6.07) is 13.1. The molecule has 2 aromatic rings. The molecular weight excluding hydrogens is 365 g/mol. The Bertz CT molecular complexity index is 846. The fourth-order valence-electron chi connectivity index (χ4n) is 3.39. The minimum Gasteiger partial charge on any atom is -0.378 e. The van der Waals surface area contributed by atoms with Crippen LogP contribution in [0.25, 0.3) is 0 Å². The molecule has 3 rings (SSSR count). The number of sulfonamides is 1. The Kier molecular flexibility index (Phi) is 6.14. The first kappa shape index (κ1) is 19.8. The standard InChI is InChI=1S/C20H26FN3O2S/c1-23(2)18-9-5-16(6-10-18)20(24-13-3-4-14-24)15-22-27(25,26)19-11-7-17(21)8-12-19/h5-12,20,22H,3-4,13-15H2,1-2H3/t20-/m0/s1. The van der Waals surface area contributed by atoms with Gasteiger partial charge in [0.1, 0.15) is 5.82 Å². The maximum atomic E-state index is 13.1. The number of hydrogen-bond acceptors (Lipinski definition) is 4. The highest BCUT2D eigenvalue weighted by atomic mass is 32.2. The summed E-state index contributed by atoms with van der Waals surface area (Å²) in [7, 11) is 0.297. The quantitative estimate of drug-likeness (QED) is 0.788. The predicted molar refractivity (Wildman–Crippen MR) is 106 cm³/mol. The molecule has 0 unspecified atom stereocenters. The van der Waals surface area contributed by atoms with Gasteiger partial charge >= 0.3 is 0 Å². The second-order valence-electron chi connectivity index (χ2n) is 7.05. The largest absolute Gasteiger partial charge is 0.378 e. The van der Waals surface area contributed by atoms with E-state index in [4.69, 9.17) is 0 Å². The lowest BCUT2D eigenvalue weighted by molar-refractivity contribution is 0.246. The Morgan fingerprint density at radius 2 is 1.63 bits per heavy atom. The molecule has 146 valence electrons. The van der Waals surface area contributed by atoms with E-state index in [9.17, 15) is 12.8 Å². The van der Waals surface area contributed by atoms with Gasteiger partial charge in [0.05, 0.1) is 4.90 Å². The van der Waals surface area contributed by atoms with Gasteiger partial charge in [-0.3, -0.25) is 4.90 Å². The van der Waals surface area contributed by atoms with E-state index in [-0.39, 0.29) is 17.5 Å². The Hall–Kier alpha value is -1.96. The zero-order valence-corrected chi connectivity index (χ0v) is 16.5. The Labute approximate surface area is 160 Å². The van der Waals surface area contributed by atoms with Crippen molar-refractivity contribution in [3.05, 3.63) is 59.9 Å². The Balaban J connectivity index is 1.78. The van der Waals surface area contributed by atoms with Crippen molar-refractivity contribution < 1.29 is 12.8 Å². The van der Waals surface area contributed by atoms with Crippen LogP contribution in [0.4, 0.5) is 10.1 Å². The number of nitrogens with one attached hydrogen (secondary N) is 1. The van der Waals surface area contributed by atoms with E-state index in [0.717, 1.165) is 49.3 Å². The molecule has 7 heteroatoms. The summed E-state index contributed by atoms with van der Waals surface area (Å²) < 4.78 is 40.9. The molecule has 0 aliphatic carbocycles. The summed E-state index contributed by atoms with van der Waals surface area (Å²) in [6.07, 6.45) is 2.24. The van der Waals surface area contributed by atoms with Gasteiger partial charge in [0.25, 0.3) is 0 Å². The Morgan fingerprint density at radius 1 is 1.04 bits per heavy atom. The first-order valence-corrected chi connectivity index (χ1v) is 10.6. The summed E-state index contributed by atoms with van der Waals surface area (Å²) in [5.41, 5.74) is 2.19. The second-order valence-corrected chi connectivity index (χ2v) is 8.82. The molecule has 0 radical (unpaired) electrons. The van der Waals surface area contributed by atoms with Crippen molar-refractivity contribution in [1.82, 2.24) is 9.62 Å². The first-order chi connectivity index (χ1) is 12.9. The number of hydrogen-bond donors (Lipinski definition) is 1. The van der Waals surface area contributed by atoms with E-state index in [1.54, 1.807) is 0 Å². The van der Waals surface area contributed by atoms with Crippen LogP contribution in [0.3, 0.4) is 0 Å². The zero-order valence-electron chi connectivity index (χ0n) is 15.7. The smallest absolute Gasteiger partial charge is 0.240 e. The molecule has 1 aliphatic heterocycles. The SMILES string of the molecule is CN(C)c1ccc([C@H](CNS(=O)(=O)c2ccc(F)cc2)N2CCCC2)cc1. The van der Waals surface area contributed by atoms with E-state index >= 15 is 0 Å². The van der Waals surface area contributed by atoms with E-state index in [1.807, 2.05) is 31.1 Å². The van der Waals surface area contributed by atoms with Gasteiger partial charge in [-0.1, -0.05) is 12.1 Å². The number of rotatable bonds is 7. The average molecular weight is 392 g/mol. The monoisotopic (exact) mass is 391 g/mol. The molecule has 1 saturated heterocycles. The fourth-order valence-corrected chi connectivity index (χ4v) is 4.43. The molecule has 0 spiro atoms. The van der Waals surface area contributed by atoms with Crippen molar-refractivity contribution in [1.29, 1.82) is 0 Å². The van der Waals surface area contributed by atoms with Gasteiger partial charge in [0.2, 0.25) is 10.0 Å². The highest BCUT2D eigenvalue weighted by Crippen LogP contribution is 2.26. The van der Waals surface area contributed by atoms with Crippen LogP contribution in [-0.4, -0.2) is 47.0 Å². The van der Waals surface area contributed by atoms with Crippen molar-refractivity contribution >= 4 is 15.7 Å². The van der Waals surface area contributed by atoms with Gasteiger partial charge < -0.3 is 4.90 Å². The number of likely N-dealkylation sites (tertiary alicyclic amines) is 1. The highest BCUT2D eigenvalue weighted by Gasteiger charge is 2.25. The van der Waals surface area contributed by atoms with Gasteiger partial charge in [0, 0.05) is 32.4 Å². The van der Waals surface area contributed by atoms with Gasteiger partial charge in [-0.2, -0.15) is 0 Å². The maximum Gasteiger partial charge on any atom is 0.240 e. The third kappa shape index (κ3) is 4.86. The molecule has 1 aliphatic rings. The molecule has 1 N–H and O–H groups in total. The van der Waals surface area contributed by atoms with E-state index in [0.29, 0.717) is 0 Å². The van der Waals surface area contributed by atoms with E-state index in [2.05, 4.69) is 21.8 Å². The number of halogens is 1. The molecule has 5 nitrogen and oxygen atoms in total. The lowest BCUT2D eigenvalue weighted by Gasteiger charge is -2.28. The Morgan fingerprint density at radius 3 is 2.19 bits per heavy atom. The normalized spacial score (nSPS) is 16.4. The van der Waals surface area contributed by atoms with Gasteiger partial charge in [-0.05, 0) is 67.9 Å². The number of anilines is 1. The van der Waals surface area contributed by atoms with Crippen molar-refractivity contribution in [2.45, 2.75) is 23.8 Å². The van der Waals surface area contributed by atoms with Crippen LogP contribution in [-0.2, 0) is 10.0 Å². The molecule has 27 heavy (non-hydrogen) atoms. The second kappa shape index (κ2) is 8.37. The summed E-state index contributed by atoms with van der Waals surface area (Å²) >= 11 is 0. The van der Waals surface area contributed by atoms with Crippen LogP contribution in [0.15, 0.2) is 53.4 Å². The van der Waals surface area contributed by atoms with Gasteiger partial charge in [-0.15, -0.1) is 0 Å². The van der Waals surface area contributed by atoms with Crippen LogP contribution in [0.1, 0.15) is 24.4 Å². The third-order valence-electron chi connectivity index (χ3n) is 4.97. The minimum atomic E-state index is -3.68. The average Bonchev–Trinajstić information content (AvgIpc) is 3.17. The molecule has 0 saturated carbocycles. The van der Waals surface area contributed by atoms with E-state index < -0.39 is 15.8 Å². The molecule has 1 fully saturated rings. The van der Waals surface area contributed by atoms with Crippen molar-refractivity contribution in [3.8, 4) is 0 Å². The molecule has 1 heterocycles. The summed E-state index contributed by atoms with van der Waals surface area (Å²) in [5.74, 6) is -0.454. The molecular formula is C20H26FN3O2S. The minimum absolute atomic E-state index is 0.0288. The molecule has 0 bridgehead atoms. The fraction of sp³-hybridized carbons (Fsp3) is 0.400. The summed E-state index contributed by atoms with van der Waals surface area (Å²) in [5, 5.41) is 0.